The molecule has 0 amide bonds. The van der Waals surface area contributed by atoms with E-state index in [2.05, 4.69) is 43.4 Å². The lowest BCUT2D eigenvalue weighted by molar-refractivity contribution is 0.131. The third kappa shape index (κ3) is 3.30. The van der Waals surface area contributed by atoms with Gasteiger partial charge in [0.1, 0.15) is 6.23 Å². The van der Waals surface area contributed by atoms with E-state index < -0.39 is 8.38 Å². The highest BCUT2D eigenvalue weighted by Crippen LogP contribution is 2.43. The summed E-state index contributed by atoms with van der Waals surface area (Å²) in [4.78, 5) is 0. The van der Waals surface area contributed by atoms with Gasteiger partial charge in [-0.15, -0.1) is 0 Å². The van der Waals surface area contributed by atoms with Crippen molar-refractivity contribution in [2.24, 2.45) is 0 Å². The van der Waals surface area contributed by atoms with Crippen molar-refractivity contribution >= 4 is 8.38 Å². The zero-order valence-electron chi connectivity index (χ0n) is 11.3. The molecule has 1 aliphatic rings. The average molecular weight is 267 g/mol. The quantitative estimate of drug-likeness (QED) is 0.827. The van der Waals surface area contributed by atoms with Gasteiger partial charge in [0.2, 0.25) is 0 Å². The fraction of sp³-hybridized carbons (Fsp3) is 0.571. The molecule has 4 heteroatoms. The molecule has 100 valence electrons. The van der Waals surface area contributed by atoms with Gasteiger partial charge in [-0.2, -0.15) is 0 Å². The summed E-state index contributed by atoms with van der Waals surface area (Å²) in [7, 11) is -0.787. The first-order chi connectivity index (χ1) is 8.74. The molecule has 3 atom stereocenters. The summed E-state index contributed by atoms with van der Waals surface area (Å²) in [6, 6.07) is 8.95. The number of rotatable bonds is 5. The second-order valence-corrected chi connectivity index (χ2v) is 6.29. The van der Waals surface area contributed by atoms with E-state index in [1.165, 1.54) is 11.1 Å². The van der Waals surface area contributed by atoms with Crippen LogP contribution >= 0.6 is 8.38 Å². The van der Waals surface area contributed by atoms with Crippen molar-refractivity contribution in [2.75, 3.05) is 12.8 Å². The van der Waals surface area contributed by atoms with Crippen LogP contribution in [0.5, 0.6) is 0 Å². The molecule has 1 heterocycles. The van der Waals surface area contributed by atoms with Crippen molar-refractivity contribution in [2.45, 2.75) is 39.5 Å². The van der Waals surface area contributed by atoms with Crippen LogP contribution in [0.3, 0.4) is 0 Å². The highest BCUT2D eigenvalue weighted by Gasteiger charge is 2.26. The van der Waals surface area contributed by atoms with Crippen LogP contribution in [0.4, 0.5) is 0 Å². The molecule has 1 aromatic rings. The minimum atomic E-state index is -0.787. The summed E-state index contributed by atoms with van der Waals surface area (Å²) in [5.41, 5.74) is 2.65. The van der Waals surface area contributed by atoms with Gasteiger partial charge < -0.3 is 9.05 Å². The normalized spacial score (nSPS) is 24.6. The summed E-state index contributed by atoms with van der Waals surface area (Å²) in [5, 5.41) is 3.51. The molecule has 1 aromatic carbocycles. The van der Waals surface area contributed by atoms with Gasteiger partial charge in [-0.3, -0.25) is 5.32 Å². The van der Waals surface area contributed by atoms with Crippen LogP contribution in [-0.2, 0) is 15.5 Å². The lowest BCUT2D eigenvalue weighted by Crippen LogP contribution is -2.38. The van der Waals surface area contributed by atoms with Crippen LogP contribution in [0.15, 0.2) is 24.3 Å². The summed E-state index contributed by atoms with van der Waals surface area (Å²) in [6.07, 6.45) is 1.97. The van der Waals surface area contributed by atoms with E-state index in [1.807, 2.05) is 6.92 Å². The van der Waals surface area contributed by atoms with Gasteiger partial charge in [0.25, 0.3) is 0 Å². The third-order valence-corrected chi connectivity index (χ3v) is 4.56. The molecule has 0 spiro atoms. The molecular weight excluding hydrogens is 245 g/mol. The van der Waals surface area contributed by atoms with Crippen LogP contribution in [0.1, 0.15) is 38.1 Å². The zero-order valence-corrected chi connectivity index (χ0v) is 12.2. The summed E-state index contributed by atoms with van der Waals surface area (Å²) >= 11 is 0. The number of hydrogen-bond acceptors (Lipinski definition) is 3. The average Bonchev–Trinajstić information content (AvgIpc) is 2.38. The maximum absolute atomic E-state index is 6.11. The van der Waals surface area contributed by atoms with Gasteiger partial charge in [0, 0.05) is 12.2 Å². The third-order valence-electron chi connectivity index (χ3n) is 3.05. The lowest BCUT2D eigenvalue weighted by Gasteiger charge is -2.33. The van der Waals surface area contributed by atoms with Gasteiger partial charge in [0.05, 0.1) is 6.61 Å². The van der Waals surface area contributed by atoms with Gasteiger partial charge in [-0.25, -0.2) is 0 Å². The number of fused-ring (bicyclic) bond motifs is 1. The molecule has 1 N–H and O–H groups in total. The molecule has 0 saturated heterocycles. The zero-order chi connectivity index (χ0) is 13.0. The first-order valence-corrected chi connectivity index (χ1v) is 8.02. The summed E-state index contributed by atoms with van der Waals surface area (Å²) in [6.45, 7) is 7.03. The molecule has 18 heavy (non-hydrogen) atoms. The van der Waals surface area contributed by atoms with E-state index in [0.29, 0.717) is 12.6 Å². The highest BCUT2D eigenvalue weighted by atomic mass is 31.2. The largest absolute Gasteiger partial charge is 0.334 e. The Morgan fingerprint density at radius 1 is 1.33 bits per heavy atom. The van der Waals surface area contributed by atoms with Crippen molar-refractivity contribution < 1.29 is 9.05 Å². The Balaban J connectivity index is 2.13. The van der Waals surface area contributed by atoms with Crippen LogP contribution in [0.25, 0.3) is 0 Å². The van der Waals surface area contributed by atoms with Crippen LogP contribution in [0, 0.1) is 0 Å². The molecule has 0 radical (unpaired) electrons. The van der Waals surface area contributed by atoms with Crippen LogP contribution < -0.4 is 5.32 Å². The lowest BCUT2D eigenvalue weighted by atomic mass is 9.95. The molecule has 0 fully saturated rings. The fourth-order valence-corrected chi connectivity index (χ4v) is 3.35. The first-order valence-electron chi connectivity index (χ1n) is 6.65. The number of hydrogen-bond donors (Lipinski definition) is 1. The van der Waals surface area contributed by atoms with Gasteiger partial charge in [-0.1, -0.05) is 31.2 Å². The Kier molecular flexibility index (Phi) is 5.13. The second-order valence-electron chi connectivity index (χ2n) is 4.52. The second kappa shape index (κ2) is 6.63. The Morgan fingerprint density at radius 2 is 2.11 bits per heavy atom. The first kappa shape index (κ1) is 14.0. The van der Waals surface area contributed by atoms with Crippen molar-refractivity contribution in [1.29, 1.82) is 0 Å². The molecule has 0 bridgehead atoms. The molecule has 0 aromatic heterocycles. The van der Waals surface area contributed by atoms with E-state index in [9.17, 15) is 0 Å². The minimum Gasteiger partial charge on any atom is -0.334 e. The molecule has 3 unspecified atom stereocenters. The van der Waals surface area contributed by atoms with Crippen LogP contribution in [0.2, 0.25) is 0 Å². The Bertz CT molecular complexity index is 386. The topological polar surface area (TPSA) is 30.5 Å². The summed E-state index contributed by atoms with van der Waals surface area (Å²) in [5.74, 6) is 0. The monoisotopic (exact) mass is 267 g/mol. The highest BCUT2D eigenvalue weighted by molar-refractivity contribution is 7.47. The van der Waals surface area contributed by atoms with Crippen LogP contribution in [-0.4, -0.2) is 18.8 Å². The van der Waals surface area contributed by atoms with Gasteiger partial charge in [0.15, 0.2) is 8.38 Å². The predicted octanol–water partition coefficient (Wildman–Crippen LogP) is 3.60. The van der Waals surface area contributed by atoms with E-state index in [-0.39, 0.29) is 6.23 Å². The molecule has 1 aliphatic heterocycles. The molecule has 0 aliphatic carbocycles. The Hall–Kier alpha value is -0.470. The number of benzene rings is 1. The van der Waals surface area contributed by atoms with E-state index in [1.54, 1.807) is 0 Å². The van der Waals surface area contributed by atoms with E-state index >= 15 is 0 Å². The van der Waals surface area contributed by atoms with Gasteiger partial charge >= 0.3 is 0 Å². The maximum Gasteiger partial charge on any atom is 0.172 e. The molecule has 3 nitrogen and oxygen atoms in total. The van der Waals surface area contributed by atoms with Crippen molar-refractivity contribution in [1.82, 2.24) is 5.32 Å². The SMILES string of the molecule is CCOP(CC)OC1NC(C)Cc2ccccc21. The van der Waals surface area contributed by atoms with Crippen molar-refractivity contribution in [3.63, 3.8) is 0 Å². The summed E-state index contributed by atoms with van der Waals surface area (Å²) < 4.78 is 11.8. The fourth-order valence-electron chi connectivity index (χ4n) is 2.26. The van der Waals surface area contributed by atoms with E-state index in [0.717, 1.165) is 12.6 Å². The Labute approximate surface area is 111 Å². The smallest absolute Gasteiger partial charge is 0.172 e. The standard InChI is InChI=1S/C14H22NO2P/c1-4-16-18(5-2)17-14-13-9-7-6-8-12(13)10-11(3)15-14/h6-9,11,14-15H,4-5,10H2,1-3H3. The molecule has 2 rings (SSSR count). The molecule has 0 saturated carbocycles. The predicted molar refractivity (Wildman–Crippen MR) is 75.7 cm³/mol. The maximum atomic E-state index is 6.11. The minimum absolute atomic E-state index is 0.0254. The van der Waals surface area contributed by atoms with Crippen molar-refractivity contribution in [3.8, 4) is 0 Å². The Morgan fingerprint density at radius 3 is 2.83 bits per heavy atom. The van der Waals surface area contributed by atoms with Crippen molar-refractivity contribution in [3.05, 3.63) is 35.4 Å². The van der Waals surface area contributed by atoms with E-state index in [4.69, 9.17) is 9.05 Å². The number of nitrogens with one attached hydrogen (secondary N) is 1. The van der Waals surface area contributed by atoms with Gasteiger partial charge in [-0.05, 0) is 31.4 Å². The molecular formula is C14H22NO2P.